The number of carbonyl (C=O) groups excluding carboxylic acids is 2. The summed E-state index contributed by atoms with van der Waals surface area (Å²) in [5.74, 6) is -1.13. The van der Waals surface area contributed by atoms with E-state index in [9.17, 15) is 24.6 Å². The molecule has 0 unspecified atom stereocenters. The number of hydrogen-bond donors (Lipinski definition) is 2. The van der Waals surface area contributed by atoms with E-state index in [2.05, 4.69) is 84.9 Å². The fraction of sp³-hybridized carbons (Fsp3) is 0.365. The Labute approximate surface area is 361 Å². The number of hydrogen-bond acceptors (Lipinski definition) is 10. The Morgan fingerprint density at radius 1 is 0.839 bits per heavy atom. The van der Waals surface area contributed by atoms with Crippen LogP contribution in [0.3, 0.4) is 0 Å². The molecule has 1 aromatic heterocycles. The van der Waals surface area contributed by atoms with Gasteiger partial charge in [0.25, 0.3) is 0 Å². The van der Waals surface area contributed by atoms with Crippen molar-refractivity contribution in [2.45, 2.75) is 95.5 Å². The Kier molecular flexibility index (Phi) is 12.6. The molecule has 2 bridgehead atoms. The van der Waals surface area contributed by atoms with Crippen LogP contribution >= 0.6 is 0 Å². The minimum Gasteiger partial charge on any atom is -0.483 e. The van der Waals surface area contributed by atoms with Gasteiger partial charge in [-0.25, -0.2) is 9.59 Å². The number of methoxy groups -OCH3 is 1. The Morgan fingerprint density at radius 2 is 1.61 bits per heavy atom. The molecule has 0 spiro atoms. The third-order valence-corrected chi connectivity index (χ3v) is 12.8. The Bertz CT molecular complexity index is 2570. The number of aliphatic hydroxyl groups is 2. The van der Waals surface area contributed by atoms with Gasteiger partial charge in [-0.2, -0.15) is 0 Å². The molecule has 1 aliphatic carbocycles. The van der Waals surface area contributed by atoms with Gasteiger partial charge < -0.3 is 33.6 Å². The normalized spacial score (nSPS) is 23.1. The zero-order valence-electron chi connectivity index (χ0n) is 35.7. The largest absolute Gasteiger partial charge is 0.483 e. The number of fused-ring (bicyclic) bond motifs is 11. The molecule has 322 valence electrons. The van der Waals surface area contributed by atoms with Gasteiger partial charge in [-0.3, -0.25) is 4.79 Å². The molecule has 3 aliphatic heterocycles. The van der Waals surface area contributed by atoms with Gasteiger partial charge in [-0.1, -0.05) is 91.0 Å². The molecule has 2 N–H and O–H groups in total. The molecule has 4 aromatic carbocycles. The van der Waals surface area contributed by atoms with Gasteiger partial charge >= 0.3 is 17.6 Å². The van der Waals surface area contributed by atoms with Crippen LogP contribution in [-0.2, 0) is 49.7 Å². The van der Waals surface area contributed by atoms with E-state index in [1.807, 2.05) is 6.07 Å². The first-order chi connectivity index (χ1) is 30.0. The van der Waals surface area contributed by atoms with Gasteiger partial charge in [0.1, 0.15) is 16.9 Å². The fourth-order valence-electron chi connectivity index (χ4n) is 9.47. The van der Waals surface area contributed by atoms with Crippen LogP contribution in [0.5, 0.6) is 5.75 Å². The lowest BCUT2D eigenvalue weighted by molar-refractivity contribution is -0.188. The van der Waals surface area contributed by atoms with Crippen molar-refractivity contribution in [2.24, 2.45) is 5.92 Å². The number of rotatable bonds is 8. The average molecular weight is 839 g/mol. The zero-order chi connectivity index (χ0) is 43.5. The van der Waals surface area contributed by atoms with Crippen LogP contribution in [0.2, 0.25) is 0 Å². The Hall–Kier alpha value is -5.81. The van der Waals surface area contributed by atoms with Gasteiger partial charge in [-0.15, -0.1) is 0 Å². The summed E-state index contributed by atoms with van der Waals surface area (Å²) in [6.07, 6.45) is 4.52. The van der Waals surface area contributed by atoms with Gasteiger partial charge in [0, 0.05) is 48.3 Å². The minimum atomic E-state index is -1.28. The Balaban J connectivity index is 1.22. The molecule has 10 heteroatoms. The molecule has 5 atom stereocenters. The highest BCUT2D eigenvalue weighted by molar-refractivity contribution is 5.90. The topological polar surface area (TPSA) is 142 Å². The van der Waals surface area contributed by atoms with E-state index in [-0.39, 0.29) is 66.3 Å². The van der Waals surface area contributed by atoms with E-state index in [1.54, 1.807) is 32.9 Å². The SMILES string of the molecule is COCCc1c(CO)c2ccc3c(c2oc1=O)[C@@H]1OC(=O)C[C@@H]2C[C@@H](c4cccc(Cc5ccccc5)c4)C=C[C@@H]2c2ccc(cc2)CCC(=C(C)CO)C(=O)O[C@@H]1C(C)(C)O3. The second kappa shape index (κ2) is 18.3. The van der Waals surface area contributed by atoms with Crippen molar-refractivity contribution in [3.63, 3.8) is 0 Å². The highest BCUT2D eigenvalue weighted by Gasteiger charge is 2.51. The smallest absolute Gasteiger partial charge is 0.339 e. The van der Waals surface area contributed by atoms with E-state index in [1.165, 1.54) is 23.8 Å². The molecule has 10 nitrogen and oxygen atoms in total. The number of allylic oxidation sites excluding steroid dienone is 2. The quantitative estimate of drug-likeness (QED) is 0.0676. The zero-order valence-corrected chi connectivity index (χ0v) is 35.7. The molecule has 4 heterocycles. The molecule has 9 rings (SSSR count). The summed E-state index contributed by atoms with van der Waals surface area (Å²) in [7, 11) is 1.53. The second-order valence-corrected chi connectivity index (χ2v) is 17.3. The molecular weight excluding hydrogens is 785 g/mol. The third-order valence-electron chi connectivity index (χ3n) is 12.8. The van der Waals surface area contributed by atoms with Crippen LogP contribution in [0.15, 0.2) is 124 Å². The van der Waals surface area contributed by atoms with Crippen molar-refractivity contribution < 1.29 is 43.2 Å². The monoisotopic (exact) mass is 838 g/mol. The molecular formula is C52H54O10. The molecule has 0 saturated carbocycles. The predicted octanol–water partition coefficient (Wildman–Crippen LogP) is 8.52. The summed E-state index contributed by atoms with van der Waals surface area (Å²) < 4.78 is 30.8. The molecule has 0 amide bonds. The molecule has 0 radical (unpaired) electrons. The number of aryl methyl sites for hydroxylation is 1. The third kappa shape index (κ3) is 8.77. The summed E-state index contributed by atoms with van der Waals surface area (Å²) in [6.45, 7) is 4.61. The first-order valence-corrected chi connectivity index (χ1v) is 21.5. The van der Waals surface area contributed by atoms with Crippen molar-refractivity contribution in [2.75, 3.05) is 20.3 Å². The van der Waals surface area contributed by atoms with Crippen LogP contribution in [0, 0.1) is 5.92 Å². The highest BCUT2D eigenvalue weighted by Crippen LogP contribution is 2.49. The van der Waals surface area contributed by atoms with E-state index in [4.69, 9.17) is 23.4 Å². The summed E-state index contributed by atoms with van der Waals surface area (Å²) in [6, 6.07) is 30.8. The maximum Gasteiger partial charge on any atom is 0.339 e. The van der Waals surface area contributed by atoms with E-state index < -0.39 is 42.0 Å². The number of ether oxygens (including phenoxy) is 4. The summed E-state index contributed by atoms with van der Waals surface area (Å²) in [4.78, 5) is 42.7. The van der Waals surface area contributed by atoms with Crippen LogP contribution in [-0.4, -0.2) is 54.2 Å². The molecule has 5 aromatic rings. The predicted molar refractivity (Wildman–Crippen MR) is 235 cm³/mol. The van der Waals surface area contributed by atoms with Crippen molar-refractivity contribution >= 4 is 22.9 Å². The van der Waals surface area contributed by atoms with Crippen LogP contribution in [0.1, 0.15) is 102 Å². The van der Waals surface area contributed by atoms with Crippen LogP contribution < -0.4 is 10.4 Å². The van der Waals surface area contributed by atoms with Crippen LogP contribution in [0.4, 0.5) is 0 Å². The van der Waals surface area contributed by atoms with Crippen molar-refractivity contribution in [1.82, 2.24) is 0 Å². The summed E-state index contributed by atoms with van der Waals surface area (Å²) in [5.41, 5.74) is 5.47. The lowest BCUT2D eigenvalue weighted by Gasteiger charge is -2.43. The minimum absolute atomic E-state index is 0.0390. The Morgan fingerprint density at radius 3 is 2.35 bits per heavy atom. The van der Waals surface area contributed by atoms with Gasteiger partial charge in [-0.05, 0) is 103 Å². The second-order valence-electron chi connectivity index (χ2n) is 17.3. The average Bonchev–Trinajstić information content (AvgIpc) is 3.26. The van der Waals surface area contributed by atoms with Crippen molar-refractivity contribution in [3.8, 4) is 5.75 Å². The number of esters is 2. The lowest BCUT2D eigenvalue weighted by Crippen LogP contribution is -2.52. The summed E-state index contributed by atoms with van der Waals surface area (Å²) >= 11 is 0. The maximum atomic E-state index is 14.7. The van der Waals surface area contributed by atoms with Crippen molar-refractivity contribution in [1.29, 1.82) is 0 Å². The van der Waals surface area contributed by atoms with Gasteiger partial charge in [0.2, 0.25) is 0 Å². The molecule has 4 aliphatic rings. The van der Waals surface area contributed by atoms with E-state index in [0.717, 1.165) is 17.5 Å². The first kappa shape index (κ1) is 42.9. The number of benzene rings is 4. The molecule has 0 saturated heterocycles. The van der Waals surface area contributed by atoms with Crippen molar-refractivity contribution in [3.05, 3.63) is 169 Å². The van der Waals surface area contributed by atoms with Crippen LogP contribution in [0.25, 0.3) is 11.0 Å². The number of carbonyl (C=O) groups is 2. The standard InChI is InChI=1S/C52H54O10/c1-31(29-53)39-19-15-32-13-16-35(17-14-32)40-20-18-37(36-12-8-11-34(26-36)25-33-9-6-5-7-10-33)27-38(40)28-45(55)59-48-46-44(62-52(2,3)49(48)61-50(39)56)22-21-41-43(30-54)42(23-24-58-4)51(57)60-47(41)46/h5-14,16-18,20-22,26,37-38,40,48-49,53-54H,15,19,23-25,27-30H2,1-4H3/t37-,38-,40+,48-,49-/m0/s1. The van der Waals surface area contributed by atoms with Gasteiger partial charge in [0.15, 0.2) is 12.2 Å². The first-order valence-electron chi connectivity index (χ1n) is 21.5. The molecule has 62 heavy (non-hydrogen) atoms. The van der Waals surface area contributed by atoms with E-state index in [0.29, 0.717) is 41.4 Å². The summed E-state index contributed by atoms with van der Waals surface area (Å²) in [5, 5.41) is 21.3. The highest BCUT2D eigenvalue weighted by atomic mass is 16.6. The van der Waals surface area contributed by atoms with Gasteiger partial charge in [0.05, 0.1) is 25.4 Å². The maximum absolute atomic E-state index is 14.7. The number of aliphatic hydroxyl groups excluding tert-OH is 2. The van der Waals surface area contributed by atoms with E-state index >= 15 is 0 Å². The fourth-order valence-corrected chi connectivity index (χ4v) is 9.47. The lowest BCUT2D eigenvalue weighted by atomic mass is 9.72. The molecule has 0 fully saturated rings.